The number of hydrogen-bond donors (Lipinski definition) is 6. The topological polar surface area (TPSA) is 170 Å². The van der Waals surface area contributed by atoms with Crippen molar-refractivity contribution in [2.75, 3.05) is 18.6 Å². The Hall–Kier alpha value is -2.11. The van der Waals surface area contributed by atoms with Crippen LogP contribution < -0.4 is 16.4 Å². The van der Waals surface area contributed by atoms with Gasteiger partial charge in [-0.15, -0.1) is 0 Å². The van der Waals surface area contributed by atoms with Crippen molar-refractivity contribution in [3.8, 4) is 0 Å². The van der Waals surface area contributed by atoms with Crippen LogP contribution in [0.2, 0.25) is 0 Å². The van der Waals surface area contributed by atoms with Gasteiger partial charge in [0.25, 0.3) is 0 Å². The Morgan fingerprint density at radius 1 is 1.32 bits per heavy atom. The van der Waals surface area contributed by atoms with E-state index in [9.17, 15) is 24.6 Å². The van der Waals surface area contributed by atoms with Crippen molar-refractivity contribution in [2.45, 2.75) is 31.0 Å². The molecule has 0 spiro atoms. The van der Waals surface area contributed by atoms with Gasteiger partial charge in [-0.1, -0.05) is 0 Å². The summed E-state index contributed by atoms with van der Waals surface area (Å²) in [6.45, 7) is -0.677. The van der Waals surface area contributed by atoms with Crippen LogP contribution in [0.5, 0.6) is 0 Å². The summed E-state index contributed by atoms with van der Waals surface area (Å²) in [5.74, 6) is -1.96. The third kappa shape index (κ3) is 7.11. The number of aromatic amines is 1. The van der Waals surface area contributed by atoms with Gasteiger partial charge in [0, 0.05) is 18.3 Å². The normalized spacial score (nSPS) is 14.4. The Balaban J connectivity index is 2.63. The Kier molecular flexibility index (Phi) is 8.95. The third-order valence-electron chi connectivity index (χ3n) is 3.38. The summed E-state index contributed by atoms with van der Waals surface area (Å²) >= 11 is 1.53. The van der Waals surface area contributed by atoms with Gasteiger partial charge in [-0.25, -0.2) is 9.78 Å². The van der Waals surface area contributed by atoms with E-state index in [0.717, 1.165) is 0 Å². The number of aliphatic hydroxyl groups excluding tert-OH is 1. The molecular formula is C14H23N5O5S. The van der Waals surface area contributed by atoms with Gasteiger partial charge in [-0.2, -0.15) is 11.8 Å². The number of aliphatic carboxylic acids is 1. The van der Waals surface area contributed by atoms with Gasteiger partial charge in [0.1, 0.15) is 12.1 Å². The van der Waals surface area contributed by atoms with Crippen molar-refractivity contribution in [1.82, 2.24) is 20.6 Å². The number of rotatable bonds is 11. The molecule has 3 atom stereocenters. The van der Waals surface area contributed by atoms with Crippen LogP contribution in [-0.4, -0.2) is 74.7 Å². The molecule has 0 bridgehead atoms. The summed E-state index contributed by atoms with van der Waals surface area (Å²) in [4.78, 5) is 41.9. The molecule has 10 nitrogen and oxygen atoms in total. The SMILES string of the molecule is CSCCC(N)C(=O)NC(CO)C(=O)NC(Cc1cnc[nH]1)C(=O)O. The highest BCUT2D eigenvalue weighted by molar-refractivity contribution is 7.98. The van der Waals surface area contributed by atoms with Crippen LogP contribution in [0.15, 0.2) is 12.5 Å². The zero-order valence-electron chi connectivity index (χ0n) is 13.8. The number of thioether (sulfide) groups is 1. The number of carbonyl (C=O) groups excluding carboxylic acids is 2. The number of imidazole rings is 1. The molecule has 3 unspecified atom stereocenters. The zero-order valence-corrected chi connectivity index (χ0v) is 14.6. The number of nitrogens with two attached hydrogens (primary N) is 1. The summed E-state index contributed by atoms with van der Waals surface area (Å²) in [5.41, 5.74) is 6.23. The van der Waals surface area contributed by atoms with Crippen LogP contribution in [0, 0.1) is 0 Å². The Labute approximate surface area is 149 Å². The highest BCUT2D eigenvalue weighted by atomic mass is 32.2. The number of carboxylic acid groups (broad SMARTS) is 1. The Morgan fingerprint density at radius 3 is 2.52 bits per heavy atom. The number of aromatic nitrogens is 2. The smallest absolute Gasteiger partial charge is 0.326 e. The fraction of sp³-hybridized carbons (Fsp3) is 0.571. The molecule has 7 N–H and O–H groups in total. The molecule has 2 amide bonds. The average Bonchev–Trinajstić information content (AvgIpc) is 3.09. The molecule has 0 saturated carbocycles. The molecule has 1 rings (SSSR count). The van der Waals surface area contributed by atoms with E-state index in [1.807, 2.05) is 6.26 Å². The van der Waals surface area contributed by atoms with Crippen LogP contribution in [0.4, 0.5) is 0 Å². The molecule has 0 aliphatic rings. The Bertz CT molecular complexity index is 568. The van der Waals surface area contributed by atoms with E-state index in [2.05, 4.69) is 20.6 Å². The molecule has 140 valence electrons. The van der Waals surface area contributed by atoms with E-state index in [1.165, 1.54) is 24.3 Å². The molecule has 0 fully saturated rings. The minimum atomic E-state index is -1.28. The number of hydrogen-bond acceptors (Lipinski definition) is 7. The molecule has 1 aromatic rings. The van der Waals surface area contributed by atoms with Crippen molar-refractivity contribution in [3.63, 3.8) is 0 Å². The molecule has 0 aromatic carbocycles. The first-order valence-corrected chi connectivity index (χ1v) is 8.94. The number of carboxylic acids is 1. The number of nitrogens with one attached hydrogen (secondary N) is 3. The van der Waals surface area contributed by atoms with Crippen molar-refractivity contribution in [2.24, 2.45) is 5.73 Å². The maximum absolute atomic E-state index is 12.2. The first-order valence-electron chi connectivity index (χ1n) is 7.55. The van der Waals surface area contributed by atoms with Gasteiger partial charge in [-0.3, -0.25) is 9.59 Å². The lowest BCUT2D eigenvalue weighted by atomic mass is 10.1. The lowest BCUT2D eigenvalue weighted by Gasteiger charge is -2.21. The predicted molar refractivity (Wildman–Crippen MR) is 91.8 cm³/mol. The Morgan fingerprint density at radius 2 is 2.00 bits per heavy atom. The van der Waals surface area contributed by atoms with Crippen LogP contribution in [0.25, 0.3) is 0 Å². The van der Waals surface area contributed by atoms with Gasteiger partial charge >= 0.3 is 5.97 Å². The largest absolute Gasteiger partial charge is 0.480 e. The number of nitrogens with zero attached hydrogens (tertiary/aromatic N) is 1. The van der Waals surface area contributed by atoms with Crippen LogP contribution in [0.3, 0.4) is 0 Å². The average molecular weight is 373 g/mol. The fourth-order valence-electron chi connectivity index (χ4n) is 1.94. The zero-order chi connectivity index (χ0) is 18.8. The summed E-state index contributed by atoms with van der Waals surface area (Å²) in [5, 5.41) is 23.2. The quantitative estimate of drug-likeness (QED) is 0.261. The standard InChI is InChI=1S/C14H23N5O5S/c1-25-3-2-9(15)12(21)19-11(6-20)13(22)18-10(14(23)24)4-8-5-16-7-17-8/h5,7,9-11,20H,2-4,6,15H2,1H3,(H,16,17)(H,18,22)(H,19,21)(H,23,24). The predicted octanol–water partition coefficient (Wildman–Crippen LogP) is -1.92. The monoisotopic (exact) mass is 373 g/mol. The maximum Gasteiger partial charge on any atom is 0.326 e. The van der Waals surface area contributed by atoms with Crippen molar-refractivity contribution >= 4 is 29.5 Å². The second-order valence-electron chi connectivity index (χ2n) is 5.31. The van der Waals surface area contributed by atoms with E-state index in [0.29, 0.717) is 17.9 Å². The molecule has 0 radical (unpaired) electrons. The molecule has 1 aromatic heterocycles. The van der Waals surface area contributed by atoms with E-state index in [-0.39, 0.29) is 6.42 Å². The fourth-order valence-corrected chi connectivity index (χ4v) is 2.43. The van der Waals surface area contributed by atoms with Gasteiger partial charge in [0.15, 0.2) is 0 Å². The number of amides is 2. The summed E-state index contributed by atoms with van der Waals surface area (Å²) < 4.78 is 0. The van der Waals surface area contributed by atoms with Crippen LogP contribution >= 0.6 is 11.8 Å². The van der Waals surface area contributed by atoms with Crippen LogP contribution in [-0.2, 0) is 20.8 Å². The lowest BCUT2D eigenvalue weighted by Crippen LogP contribution is -2.56. The molecule has 25 heavy (non-hydrogen) atoms. The van der Waals surface area contributed by atoms with Crippen LogP contribution in [0.1, 0.15) is 12.1 Å². The van der Waals surface area contributed by atoms with Gasteiger partial charge in [-0.05, 0) is 18.4 Å². The first kappa shape index (κ1) is 20.9. The molecule has 11 heteroatoms. The maximum atomic E-state index is 12.2. The van der Waals surface area contributed by atoms with Gasteiger partial charge in [0.2, 0.25) is 11.8 Å². The molecule has 0 aliphatic heterocycles. The van der Waals surface area contributed by atoms with Crippen molar-refractivity contribution in [1.29, 1.82) is 0 Å². The second kappa shape index (κ2) is 10.7. The molecule has 0 aliphatic carbocycles. The summed E-state index contributed by atoms with van der Waals surface area (Å²) in [6.07, 6.45) is 5.12. The van der Waals surface area contributed by atoms with E-state index >= 15 is 0 Å². The van der Waals surface area contributed by atoms with Gasteiger partial charge < -0.3 is 31.6 Å². The van der Waals surface area contributed by atoms with Crippen molar-refractivity contribution in [3.05, 3.63) is 18.2 Å². The number of H-pyrrole nitrogens is 1. The third-order valence-corrected chi connectivity index (χ3v) is 4.02. The van der Waals surface area contributed by atoms with E-state index in [4.69, 9.17) is 5.73 Å². The number of aliphatic hydroxyl groups is 1. The lowest BCUT2D eigenvalue weighted by molar-refractivity contribution is -0.142. The minimum Gasteiger partial charge on any atom is -0.480 e. The molecule has 1 heterocycles. The summed E-state index contributed by atoms with van der Waals surface area (Å²) in [6, 6.07) is -3.32. The van der Waals surface area contributed by atoms with Gasteiger partial charge in [0.05, 0.1) is 19.0 Å². The first-order chi connectivity index (χ1) is 11.9. The molecular weight excluding hydrogens is 350 g/mol. The number of carbonyl (C=O) groups is 3. The molecule has 0 saturated heterocycles. The second-order valence-corrected chi connectivity index (χ2v) is 6.30. The van der Waals surface area contributed by atoms with E-state index in [1.54, 1.807) is 0 Å². The summed E-state index contributed by atoms with van der Waals surface area (Å²) in [7, 11) is 0. The van der Waals surface area contributed by atoms with E-state index < -0.39 is 42.5 Å². The minimum absolute atomic E-state index is 0.0135. The van der Waals surface area contributed by atoms with Crippen molar-refractivity contribution < 1.29 is 24.6 Å². The highest BCUT2D eigenvalue weighted by Crippen LogP contribution is 2.01. The highest BCUT2D eigenvalue weighted by Gasteiger charge is 2.27.